The molecule has 1 amide bonds. The number of carbonyl (C=O) groups excluding carboxylic acids is 1. The third-order valence-electron chi connectivity index (χ3n) is 4.73. The van der Waals surface area contributed by atoms with E-state index in [9.17, 15) is 4.79 Å². The minimum absolute atomic E-state index is 0.0760. The highest BCUT2D eigenvalue weighted by Gasteiger charge is 2.24. The molecule has 1 N–H and O–H groups in total. The van der Waals surface area contributed by atoms with Crippen LogP contribution in [0.4, 0.5) is 0 Å². The molecule has 1 aromatic heterocycles. The van der Waals surface area contributed by atoms with E-state index in [2.05, 4.69) is 16.0 Å². The first-order chi connectivity index (χ1) is 13.1. The Balaban J connectivity index is 1.61. The molecule has 0 bridgehead atoms. The maximum Gasteiger partial charge on any atom is 0.234 e. The van der Waals surface area contributed by atoms with Crippen molar-refractivity contribution in [3.05, 3.63) is 54.4 Å². The fraction of sp³-hybridized carbons (Fsp3) is 0.333. The summed E-state index contributed by atoms with van der Waals surface area (Å²) in [4.78, 5) is 18.9. The lowest BCUT2D eigenvalue weighted by Crippen LogP contribution is -2.36. The fourth-order valence-electron chi connectivity index (χ4n) is 3.24. The normalized spacial score (nSPS) is 13.9. The minimum atomic E-state index is 0.0760. The number of hydrogen-bond acceptors (Lipinski definition) is 4. The second-order valence-electron chi connectivity index (χ2n) is 7.06. The van der Waals surface area contributed by atoms with Crippen LogP contribution >= 0.6 is 0 Å². The molecule has 0 saturated heterocycles. The highest BCUT2D eigenvalue weighted by molar-refractivity contribution is 5.79. The summed E-state index contributed by atoms with van der Waals surface area (Å²) in [7, 11) is 3.61. The number of amides is 1. The number of hydrogen-bond donors (Lipinski definition) is 1. The molecule has 6 nitrogen and oxygen atoms in total. The Morgan fingerprint density at radius 3 is 2.67 bits per heavy atom. The van der Waals surface area contributed by atoms with Crippen LogP contribution in [0.5, 0.6) is 5.75 Å². The van der Waals surface area contributed by atoms with Crippen molar-refractivity contribution < 1.29 is 9.53 Å². The van der Waals surface area contributed by atoms with Gasteiger partial charge in [-0.25, -0.2) is 4.98 Å². The summed E-state index contributed by atoms with van der Waals surface area (Å²) >= 11 is 0. The highest BCUT2D eigenvalue weighted by Crippen LogP contribution is 2.24. The van der Waals surface area contributed by atoms with Gasteiger partial charge in [0.15, 0.2) is 0 Å². The predicted molar refractivity (Wildman–Crippen MR) is 105 cm³/mol. The smallest absolute Gasteiger partial charge is 0.234 e. The van der Waals surface area contributed by atoms with Gasteiger partial charge in [0.2, 0.25) is 5.91 Å². The lowest BCUT2D eigenvalue weighted by molar-refractivity contribution is -0.122. The standard InChI is InChI=1S/C21H24N4O2/c1-24(14-21(26)22-15-7-8-15)13-20-23-18-5-3-4-6-19(18)25(20)16-9-11-17(27-2)12-10-16/h3-6,9-12,15H,7-8,13-14H2,1-2H3,(H,22,26). The maximum absolute atomic E-state index is 12.1. The molecule has 140 valence electrons. The molecule has 0 atom stereocenters. The van der Waals surface area contributed by atoms with E-state index in [1.54, 1.807) is 7.11 Å². The highest BCUT2D eigenvalue weighted by atomic mass is 16.5. The molecule has 3 aromatic rings. The number of methoxy groups -OCH3 is 1. The summed E-state index contributed by atoms with van der Waals surface area (Å²) in [5.41, 5.74) is 3.02. The van der Waals surface area contributed by atoms with E-state index in [1.165, 1.54) is 0 Å². The quantitative estimate of drug-likeness (QED) is 0.700. The van der Waals surface area contributed by atoms with Gasteiger partial charge in [0.25, 0.3) is 0 Å². The summed E-state index contributed by atoms with van der Waals surface area (Å²) in [6, 6.07) is 16.4. The van der Waals surface area contributed by atoms with Gasteiger partial charge in [-0.2, -0.15) is 0 Å². The number of nitrogens with zero attached hydrogens (tertiary/aromatic N) is 3. The average molecular weight is 364 g/mol. The third-order valence-corrected chi connectivity index (χ3v) is 4.73. The zero-order valence-corrected chi connectivity index (χ0v) is 15.7. The predicted octanol–water partition coefficient (Wildman–Crippen LogP) is 2.74. The van der Waals surface area contributed by atoms with Crippen LogP contribution in [0.1, 0.15) is 18.7 Å². The zero-order chi connectivity index (χ0) is 18.8. The Morgan fingerprint density at radius 2 is 1.96 bits per heavy atom. The van der Waals surface area contributed by atoms with Crippen LogP contribution in [-0.4, -0.2) is 47.1 Å². The largest absolute Gasteiger partial charge is 0.497 e. The van der Waals surface area contributed by atoms with Crippen molar-refractivity contribution in [2.24, 2.45) is 0 Å². The lowest BCUT2D eigenvalue weighted by atomic mass is 10.2. The number of fused-ring (bicyclic) bond motifs is 1. The van der Waals surface area contributed by atoms with Crippen LogP contribution in [0.2, 0.25) is 0 Å². The fourth-order valence-corrected chi connectivity index (χ4v) is 3.24. The first-order valence-corrected chi connectivity index (χ1v) is 9.23. The van der Waals surface area contributed by atoms with E-state index in [1.807, 2.05) is 54.4 Å². The Bertz CT molecular complexity index is 944. The number of rotatable bonds is 7. The van der Waals surface area contributed by atoms with Gasteiger partial charge < -0.3 is 10.1 Å². The Kier molecular flexibility index (Phi) is 4.81. The molecular weight excluding hydrogens is 340 g/mol. The molecule has 1 aliphatic carbocycles. The molecular formula is C21H24N4O2. The number of aromatic nitrogens is 2. The number of nitrogens with one attached hydrogen (secondary N) is 1. The van der Waals surface area contributed by atoms with Crippen LogP contribution in [0.3, 0.4) is 0 Å². The van der Waals surface area contributed by atoms with Crippen molar-refractivity contribution in [3.63, 3.8) is 0 Å². The monoisotopic (exact) mass is 364 g/mol. The molecule has 0 aliphatic heterocycles. The van der Waals surface area contributed by atoms with Crippen LogP contribution in [-0.2, 0) is 11.3 Å². The summed E-state index contributed by atoms with van der Waals surface area (Å²) in [5.74, 6) is 1.80. The third kappa shape index (κ3) is 3.95. The molecule has 4 rings (SSSR count). The van der Waals surface area contributed by atoms with Crippen LogP contribution in [0.25, 0.3) is 16.7 Å². The molecule has 2 aromatic carbocycles. The molecule has 0 unspecified atom stereocenters. The number of ether oxygens (including phenoxy) is 1. The van der Waals surface area contributed by atoms with E-state index in [0.29, 0.717) is 19.1 Å². The summed E-state index contributed by atoms with van der Waals surface area (Å²) in [6.45, 7) is 0.946. The molecule has 1 heterocycles. The summed E-state index contributed by atoms with van der Waals surface area (Å²) in [6.07, 6.45) is 2.20. The molecule has 1 aliphatic rings. The van der Waals surface area contributed by atoms with Gasteiger partial charge in [0, 0.05) is 11.7 Å². The average Bonchev–Trinajstić information content (AvgIpc) is 3.40. The molecule has 1 fully saturated rings. The first-order valence-electron chi connectivity index (χ1n) is 9.23. The molecule has 27 heavy (non-hydrogen) atoms. The number of benzene rings is 2. The Morgan fingerprint density at radius 1 is 1.22 bits per heavy atom. The number of likely N-dealkylation sites (N-methyl/N-ethyl adjacent to an activating group) is 1. The molecule has 0 radical (unpaired) electrons. The van der Waals surface area contributed by atoms with Crippen molar-refractivity contribution >= 4 is 16.9 Å². The van der Waals surface area contributed by atoms with E-state index in [0.717, 1.165) is 41.1 Å². The Labute approximate surface area is 158 Å². The van der Waals surface area contributed by atoms with Crippen molar-refractivity contribution in [1.29, 1.82) is 0 Å². The van der Waals surface area contributed by atoms with Gasteiger partial charge in [0.1, 0.15) is 11.6 Å². The van der Waals surface area contributed by atoms with E-state index >= 15 is 0 Å². The molecule has 0 spiro atoms. The zero-order valence-electron chi connectivity index (χ0n) is 15.7. The van der Waals surface area contributed by atoms with E-state index in [-0.39, 0.29) is 5.91 Å². The van der Waals surface area contributed by atoms with Gasteiger partial charge in [-0.1, -0.05) is 12.1 Å². The Hall–Kier alpha value is -2.86. The van der Waals surface area contributed by atoms with Gasteiger partial charge in [-0.05, 0) is 56.3 Å². The van der Waals surface area contributed by atoms with Gasteiger partial charge in [-0.15, -0.1) is 0 Å². The second kappa shape index (κ2) is 7.40. The maximum atomic E-state index is 12.1. The topological polar surface area (TPSA) is 59.4 Å². The summed E-state index contributed by atoms with van der Waals surface area (Å²) < 4.78 is 7.41. The summed E-state index contributed by atoms with van der Waals surface area (Å²) in [5, 5.41) is 3.03. The SMILES string of the molecule is COc1ccc(-n2c(CN(C)CC(=O)NC3CC3)nc3ccccc32)cc1. The molecule has 1 saturated carbocycles. The van der Waals surface area contributed by atoms with Crippen LogP contribution < -0.4 is 10.1 Å². The minimum Gasteiger partial charge on any atom is -0.497 e. The first kappa shape index (κ1) is 17.5. The number of imidazole rings is 1. The van der Waals surface area contributed by atoms with E-state index in [4.69, 9.17) is 9.72 Å². The number of para-hydroxylation sites is 2. The van der Waals surface area contributed by atoms with Crippen molar-refractivity contribution in [2.75, 3.05) is 20.7 Å². The van der Waals surface area contributed by atoms with Gasteiger partial charge >= 0.3 is 0 Å². The van der Waals surface area contributed by atoms with Crippen molar-refractivity contribution in [3.8, 4) is 11.4 Å². The van der Waals surface area contributed by atoms with Gasteiger partial charge in [0.05, 0.1) is 31.2 Å². The van der Waals surface area contributed by atoms with Crippen molar-refractivity contribution in [1.82, 2.24) is 19.8 Å². The van der Waals surface area contributed by atoms with Crippen molar-refractivity contribution in [2.45, 2.75) is 25.4 Å². The van der Waals surface area contributed by atoms with E-state index < -0.39 is 0 Å². The van der Waals surface area contributed by atoms with Crippen LogP contribution in [0, 0.1) is 0 Å². The van der Waals surface area contributed by atoms with Crippen LogP contribution in [0.15, 0.2) is 48.5 Å². The number of carbonyl (C=O) groups is 1. The molecule has 6 heteroatoms. The second-order valence-corrected chi connectivity index (χ2v) is 7.06. The lowest BCUT2D eigenvalue weighted by Gasteiger charge is -2.17. The van der Waals surface area contributed by atoms with Gasteiger partial charge in [-0.3, -0.25) is 14.3 Å².